The fourth-order valence-electron chi connectivity index (χ4n) is 1.99. The van der Waals surface area contributed by atoms with Gasteiger partial charge in [-0.2, -0.15) is 0 Å². The molecule has 4 heteroatoms. The Labute approximate surface area is 129 Å². The van der Waals surface area contributed by atoms with Crippen LogP contribution in [0.2, 0.25) is 5.02 Å². The van der Waals surface area contributed by atoms with Crippen LogP contribution in [0.1, 0.15) is 16.1 Å². The molecule has 0 spiro atoms. The second-order valence-electron chi connectivity index (χ2n) is 4.35. The van der Waals surface area contributed by atoms with Crippen LogP contribution in [0.4, 0.5) is 0 Å². The van der Waals surface area contributed by atoms with E-state index in [9.17, 15) is 4.79 Å². The predicted molar refractivity (Wildman–Crippen MR) is 84.3 cm³/mol. The number of aromatic nitrogens is 1. The third-order valence-corrected chi connectivity index (χ3v) is 3.86. The summed E-state index contributed by atoms with van der Waals surface area (Å²) < 4.78 is 0.691. The van der Waals surface area contributed by atoms with Gasteiger partial charge < -0.3 is 0 Å². The molecule has 0 aliphatic carbocycles. The van der Waals surface area contributed by atoms with Crippen molar-refractivity contribution < 1.29 is 4.79 Å². The third-order valence-electron chi connectivity index (χ3n) is 3.00. The van der Waals surface area contributed by atoms with Crippen molar-refractivity contribution in [2.45, 2.75) is 0 Å². The summed E-state index contributed by atoms with van der Waals surface area (Å²) in [5.41, 5.74) is 1.77. The van der Waals surface area contributed by atoms with E-state index in [0.29, 0.717) is 20.8 Å². The summed E-state index contributed by atoms with van der Waals surface area (Å²) in [6.45, 7) is 0. The molecule has 0 bridgehead atoms. The Bertz CT molecular complexity index is 799. The van der Waals surface area contributed by atoms with Crippen molar-refractivity contribution in [1.82, 2.24) is 4.98 Å². The van der Waals surface area contributed by atoms with Crippen LogP contribution >= 0.6 is 27.5 Å². The number of hydrogen-bond donors (Lipinski definition) is 0. The Hall–Kier alpha value is -1.71. The molecule has 0 atom stereocenters. The minimum atomic E-state index is -0.126. The zero-order valence-corrected chi connectivity index (χ0v) is 12.6. The molecular formula is C16H9BrClNO. The van der Waals surface area contributed by atoms with E-state index in [2.05, 4.69) is 20.9 Å². The van der Waals surface area contributed by atoms with E-state index in [-0.39, 0.29) is 5.78 Å². The summed E-state index contributed by atoms with van der Waals surface area (Å²) in [4.78, 5) is 16.9. The number of halogens is 2. The van der Waals surface area contributed by atoms with Gasteiger partial charge in [-0.1, -0.05) is 29.8 Å². The lowest BCUT2D eigenvalue weighted by atomic mass is 10.1. The molecule has 0 saturated carbocycles. The number of fused-ring (bicyclic) bond motifs is 1. The number of nitrogens with zero attached hydrogens (tertiary/aromatic N) is 1. The van der Waals surface area contributed by atoms with Gasteiger partial charge in [0.2, 0.25) is 5.78 Å². The van der Waals surface area contributed by atoms with Crippen molar-refractivity contribution in [1.29, 1.82) is 0 Å². The maximum absolute atomic E-state index is 12.5. The van der Waals surface area contributed by atoms with Gasteiger partial charge in [0, 0.05) is 20.4 Å². The van der Waals surface area contributed by atoms with Crippen LogP contribution in [0.3, 0.4) is 0 Å². The Kier molecular flexibility index (Phi) is 3.55. The highest BCUT2D eigenvalue weighted by Gasteiger charge is 2.15. The van der Waals surface area contributed by atoms with Gasteiger partial charge in [-0.15, -0.1) is 0 Å². The number of ketones is 1. The van der Waals surface area contributed by atoms with E-state index in [1.807, 2.05) is 30.3 Å². The largest absolute Gasteiger partial charge is 0.287 e. The highest BCUT2D eigenvalue weighted by Crippen LogP contribution is 2.24. The van der Waals surface area contributed by atoms with Gasteiger partial charge in [-0.3, -0.25) is 4.79 Å². The molecule has 0 radical (unpaired) electrons. The van der Waals surface area contributed by atoms with Gasteiger partial charge in [0.25, 0.3) is 0 Å². The first-order valence-electron chi connectivity index (χ1n) is 6.01. The maximum atomic E-state index is 12.5. The van der Waals surface area contributed by atoms with Gasteiger partial charge >= 0.3 is 0 Å². The van der Waals surface area contributed by atoms with Crippen molar-refractivity contribution in [3.8, 4) is 0 Å². The zero-order valence-electron chi connectivity index (χ0n) is 10.3. The monoisotopic (exact) mass is 345 g/mol. The zero-order chi connectivity index (χ0) is 14.1. The van der Waals surface area contributed by atoms with Crippen LogP contribution in [-0.2, 0) is 0 Å². The molecule has 0 unspecified atom stereocenters. The second kappa shape index (κ2) is 5.35. The highest BCUT2D eigenvalue weighted by atomic mass is 79.9. The fourth-order valence-corrected chi connectivity index (χ4v) is 2.63. The lowest BCUT2D eigenvalue weighted by molar-refractivity contribution is 0.103. The van der Waals surface area contributed by atoms with Crippen LogP contribution in [0, 0.1) is 0 Å². The normalized spacial score (nSPS) is 10.7. The molecule has 2 nitrogen and oxygen atoms in total. The van der Waals surface area contributed by atoms with Crippen LogP contribution in [0.15, 0.2) is 59.1 Å². The number of pyridine rings is 1. The van der Waals surface area contributed by atoms with Crippen LogP contribution in [0.25, 0.3) is 10.9 Å². The first kappa shape index (κ1) is 13.3. The number of para-hydroxylation sites is 1. The summed E-state index contributed by atoms with van der Waals surface area (Å²) in [5, 5.41) is 1.60. The van der Waals surface area contributed by atoms with E-state index in [1.165, 1.54) is 0 Å². The molecule has 20 heavy (non-hydrogen) atoms. The minimum Gasteiger partial charge on any atom is -0.287 e. The van der Waals surface area contributed by atoms with E-state index < -0.39 is 0 Å². The molecule has 0 aliphatic rings. The summed E-state index contributed by atoms with van der Waals surface area (Å²) >= 11 is 9.26. The van der Waals surface area contributed by atoms with Crippen molar-refractivity contribution in [3.63, 3.8) is 0 Å². The summed E-state index contributed by atoms with van der Waals surface area (Å²) in [6.07, 6.45) is 0. The van der Waals surface area contributed by atoms with E-state index in [0.717, 1.165) is 10.9 Å². The molecular weight excluding hydrogens is 338 g/mol. The molecule has 0 aliphatic heterocycles. The lowest BCUT2D eigenvalue weighted by Crippen LogP contribution is -2.05. The highest BCUT2D eigenvalue weighted by molar-refractivity contribution is 9.10. The third kappa shape index (κ3) is 2.47. The van der Waals surface area contributed by atoms with Gasteiger partial charge in [-0.25, -0.2) is 4.98 Å². The molecule has 3 aromatic rings. The SMILES string of the molecule is O=C(c1ccc(Cl)cc1)c1nc2ccccc2cc1Br. The molecule has 0 fully saturated rings. The van der Waals surface area contributed by atoms with Crippen LogP contribution in [-0.4, -0.2) is 10.8 Å². The smallest absolute Gasteiger partial charge is 0.212 e. The Morgan fingerprint density at radius 3 is 2.50 bits per heavy atom. The standard InChI is InChI=1S/C16H9BrClNO/c17-13-9-11-3-1-2-4-14(11)19-15(13)16(20)10-5-7-12(18)8-6-10/h1-9H. The average Bonchev–Trinajstić information content (AvgIpc) is 2.46. The Balaban J connectivity index is 2.11. The number of carbonyl (C=O) groups is 1. The molecule has 1 aromatic heterocycles. The lowest BCUT2D eigenvalue weighted by Gasteiger charge is -2.05. The molecule has 0 N–H and O–H groups in total. The minimum absolute atomic E-state index is 0.126. The summed E-state index contributed by atoms with van der Waals surface area (Å²) in [6, 6.07) is 16.4. The number of hydrogen-bond acceptors (Lipinski definition) is 2. The van der Waals surface area contributed by atoms with Gasteiger partial charge in [0.05, 0.1) is 5.52 Å². The van der Waals surface area contributed by atoms with Gasteiger partial charge in [0.15, 0.2) is 0 Å². The molecule has 0 saturated heterocycles. The number of benzene rings is 2. The van der Waals surface area contributed by atoms with E-state index in [1.54, 1.807) is 24.3 Å². The second-order valence-corrected chi connectivity index (χ2v) is 5.64. The topological polar surface area (TPSA) is 30.0 Å². The quantitative estimate of drug-likeness (QED) is 0.619. The first-order valence-corrected chi connectivity index (χ1v) is 7.18. The van der Waals surface area contributed by atoms with Crippen LogP contribution in [0.5, 0.6) is 0 Å². The first-order chi connectivity index (χ1) is 9.65. The van der Waals surface area contributed by atoms with Crippen molar-refractivity contribution in [3.05, 3.63) is 75.4 Å². The van der Waals surface area contributed by atoms with Crippen molar-refractivity contribution in [2.75, 3.05) is 0 Å². The van der Waals surface area contributed by atoms with Crippen LogP contribution < -0.4 is 0 Å². The van der Waals surface area contributed by atoms with Gasteiger partial charge in [0.1, 0.15) is 5.69 Å². The fraction of sp³-hybridized carbons (Fsp3) is 0. The Morgan fingerprint density at radius 1 is 1.05 bits per heavy atom. The predicted octanol–water partition coefficient (Wildman–Crippen LogP) is 4.88. The molecule has 2 aromatic carbocycles. The number of carbonyl (C=O) groups excluding carboxylic acids is 1. The molecule has 1 heterocycles. The molecule has 3 rings (SSSR count). The van der Waals surface area contributed by atoms with E-state index >= 15 is 0 Å². The average molecular weight is 347 g/mol. The Morgan fingerprint density at radius 2 is 1.75 bits per heavy atom. The molecule has 0 amide bonds. The maximum Gasteiger partial charge on any atom is 0.212 e. The van der Waals surface area contributed by atoms with E-state index in [4.69, 9.17) is 11.6 Å². The number of rotatable bonds is 2. The van der Waals surface area contributed by atoms with Gasteiger partial charge in [-0.05, 0) is 52.3 Å². The summed E-state index contributed by atoms with van der Waals surface area (Å²) in [7, 11) is 0. The van der Waals surface area contributed by atoms with Crippen molar-refractivity contribution in [2.24, 2.45) is 0 Å². The molecule has 98 valence electrons. The summed E-state index contributed by atoms with van der Waals surface area (Å²) in [5.74, 6) is -0.126. The van der Waals surface area contributed by atoms with Crippen molar-refractivity contribution >= 4 is 44.2 Å².